The van der Waals surface area contributed by atoms with Crippen LogP contribution >= 0.6 is 0 Å². The summed E-state index contributed by atoms with van der Waals surface area (Å²) in [6.45, 7) is 2.12. The quantitative estimate of drug-likeness (QED) is 0.642. The minimum absolute atomic E-state index is 0.109. The van der Waals surface area contributed by atoms with E-state index in [2.05, 4.69) is 10.6 Å². The number of rotatable bonds is 6. The third-order valence-corrected chi connectivity index (χ3v) is 2.01. The van der Waals surface area contributed by atoms with Gasteiger partial charge in [-0.1, -0.05) is 6.92 Å². The van der Waals surface area contributed by atoms with Gasteiger partial charge in [0, 0.05) is 6.42 Å². The summed E-state index contributed by atoms with van der Waals surface area (Å²) in [6.07, 6.45) is 0.343. The molecule has 0 fully saturated rings. The highest BCUT2D eigenvalue weighted by molar-refractivity contribution is 4.81. The van der Waals surface area contributed by atoms with Crippen LogP contribution in [-0.4, -0.2) is 32.6 Å². The van der Waals surface area contributed by atoms with E-state index in [4.69, 9.17) is 0 Å². The van der Waals surface area contributed by atoms with Crippen LogP contribution in [0.3, 0.4) is 0 Å². The van der Waals surface area contributed by atoms with Crippen LogP contribution in [0.15, 0.2) is 0 Å². The first-order valence-corrected chi connectivity index (χ1v) is 4.28. The van der Waals surface area contributed by atoms with Crippen molar-refractivity contribution in [3.05, 3.63) is 0 Å². The highest BCUT2D eigenvalue weighted by atomic mass is 19.3. The summed E-state index contributed by atoms with van der Waals surface area (Å²) in [6, 6.07) is -0.713. The lowest BCUT2D eigenvalue weighted by atomic mass is 10.0. The molecule has 0 rings (SSSR count). The zero-order valence-corrected chi connectivity index (χ0v) is 7.95. The van der Waals surface area contributed by atoms with Crippen LogP contribution in [0.2, 0.25) is 0 Å². The number of nitrogens with one attached hydrogen (secondary N) is 2. The van der Waals surface area contributed by atoms with E-state index in [1.54, 1.807) is 14.1 Å². The van der Waals surface area contributed by atoms with E-state index in [1.165, 1.54) is 6.92 Å². The van der Waals surface area contributed by atoms with E-state index < -0.39 is 12.0 Å². The van der Waals surface area contributed by atoms with Crippen LogP contribution in [0, 0.1) is 0 Å². The summed E-state index contributed by atoms with van der Waals surface area (Å²) in [4.78, 5) is 0. The smallest absolute Gasteiger partial charge is 0.262 e. The van der Waals surface area contributed by atoms with Crippen LogP contribution < -0.4 is 10.6 Å². The van der Waals surface area contributed by atoms with Crippen LogP contribution in [0.25, 0.3) is 0 Å². The molecule has 0 heterocycles. The molecule has 0 aliphatic rings. The molecule has 0 aromatic carbocycles. The van der Waals surface area contributed by atoms with Crippen molar-refractivity contribution in [1.29, 1.82) is 0 Å². The van der Waals surface area contributed by atoms with Gasteiger partial charge in [-0.2, -0.15) is 0 Å². The lowest BCUT2D eigenvalue weighted by Gasteiger charge is -2.25. The molecule has 0 amide bonds. The van der Waals surface area contributed by atoms with E-state index in [0.29, 0.717) is 13.0 Å². The average molecular weight is 180 g/mol. The second-order valence-corrected chi connectivity index (χ2v) is 2.85. The molecule has 0 aliphatic carbocycles. The molecule has 0 aliphatic heterocycles. The van der Waals surface area contributed by atoms with Crippen LogP contribution in [0.5, 0.6) is 0 Å². The minimum atomic E-state index is -2.59. The molecule has 1 unspecified atom stereocenters. The lowest BCUT2D eigenvalue weighted by molar-refractivity contribution is -0.0404. The molecule has 1 atom stereocenters. The SMILES string of the molecule is CCC(F)(F)C(CCNC)NC. The Morgan fingerprint density at radius 2 is 1.92 bits per heavy atom. The van der Waals surface area contributed by atoms with Gasteiger partial charge in [-0.3, -0.25) is 0 Å². The van der Waals surface area contributed by atoms with Gasteiger partial charge < -0.3 is 10.6 Å². The van der Waals surface area contributed by atoms with Gasteiger partial charge in [-0.05, 0) is 27.1 Å². The van der Waals surface area contributed by atoms with E-state index in [1.807, 2.05) is 0 Å². The van der Waals surface area contributed by atoms with Gasteiger partial charge in [-0.15, -0.1) is 0 Å². The zero-order valence-electron chi connectivity index (χ0n) is 7.95. The second kappa shape index (κ2) is 5.43. The van der Waals surface area contributed by atoms with Crippen molar-refractivity contribution >= 4 is 0 Å². The van der Waals surface area contributed by atoms with Crippen molar-refractivity contribution < 1.29 is 8.78 Å². The standard InChI is InChI=1S/C8H18F2N2/c1-4-8(9,10)7(12-3)5-6-11-2/h7,11-12H,4-6H2,1-3H3. The molecule has 2 nitrogen and oxygen atoms in total. The van der Waals surface area contributed by atoms with Gasteiger partial charge in [0.05, 0.1) is 6.04 Å². The Morgan fingerprint density at radius 1 is 1.33 bits per heavy atom. The summed E-state index contributed by atoms with van der Waals surface area (Å²) >= 11 is 0. The lowest BCUT2D eigenvalue weighted by Crippen LogP contribution is -2.44. The van der Waals surface area contributed by atoms with Crippen molar-refractivity contribution in [2.45, 2.75) is 31.7 Å². The predicted octanol–water partition coefficient (Wildman–Crippen LogP) is 1.23. The molecule has 2 N–H and O–H groups in total. The van der Waals surface area contributed by atoms with Crippen molar-refractivity contribution in [2.75, 3.05) is 20.6 Å². The van der Waals surface area contributed by atoms with Crippen molar-refractivity contribution in [2.24, 2.45) is 0 Å². The Kier molecular flexibility index (Phi) is 5.33. The molecule has 0 saturated heterocycles. The third kappa shape index (κ3) is 3.45. The fourth-order valence-electron chi connectivity index (χ4n) is 1.10. The molecule has 12 heavy (non-hydrogen) atoms. The highest BCUT2D eigenvalue weighted by Gasteiger charge is 2.35. The minimum Gasteiger partial charge on any atom is -0.320 e. The average Bonchev–Trinajstić information content (AvgIpc) is 2.05. The first-order valence-electron chi connectivity index (χ1n) is 4.28. The van der Waals surface area contributed by atoms with Crippen molar-refractivity contribution in [3.8, 4) is 0 Å². The van der Waals surface area contributed by atoms with E-state index in [-0.39, 0.29) is 6.42 Å². The zero-order chi connectivity index (χ0) is 9.61. The van der Waals surface area contributed by atoms with Crippen molar-refractivity contribution in [3.63, 3.8) is 0 Å². The van der Waals surface area contributed by atoms with Crippen LogP contribution in [0.4, 0.5) is 8.78 Å². The maximum atomic E-state index is 13.1. The molecule has 0 radical (unpaired) electrons. The van der Waals surface area contributed by atoms with E-state index in [0.717, 1.165) is 0 Å². The summed E-state index contributed by atoms with van der Waals surface area (Å²) in [7, 11) is 3.33. The molecular weight excluding hydrogens is 162 g/mol. The van der Waals surface area contributed by atoms with E-state index in [9.17, 15) is 8.78 Å². The fraction of sp³-hybridized carbons (Fsp3) is 1.00. The molecule has 0 aromatic rings. The molecule has 74 valence electrons. The van der Waals surface area contributed by atoms with Gasteiger partial charge in [0.1, 0.15) is 0 Å². The van der Waals surface area contributed by atoms with Gasteiger partial charge >= 0.3 is 0 Å². The summed E-state index contributed by atoms with van der Waals surface area (Å²) in [5.74, 6) is -2.59. The molecular formula is C8H18F2N2. The Morgan fingerprint density at radius 3 is 2.25 bits per heavy atom. The molecule has 4 heteroatoms. The van der Waals surface area contributed by atoms with Gasteiger partial charge in [0.2, 0.25) is 0 Å². The third-order valence-electron chi connectivity index (χ3n) is 2.01. The summed E-state index contributed by atoms with van der Waals surface area (Å²) in [5.41, 5.74) is 0. The highest BCUT2D eigenvalue weighted by Crippen LogP contribution is 2.24. The van der Waals surface area contributed by atoms with Gasteiger partial charge in [0.25, 0.3) is 5.92 Å². The largest absolute Gasteiger partial charge is 0.320 e. The molecule has 0 aromatic heterocycles. The van der Waals surface area contributed by atoms with Gasteiger partial charge in [-0.25, -0.2) is 8.78 Å². The normalized spacial score (nSPS) is 14.8. The second-order valence-electron chi connectivity index (χ2n) is 2.85. The summed E-state index contributed by atoms with van der Waals surface area (Å²) in [5, 5.41) is 5.49. The van der Waals surface area contributed by atoms with Crippen molar-refractivity contribution in [1.82, 2.24) is 10.6 Å². The van der Waals surface area contributed by atoms with Gasteiger partial charge in [0.15, 0.2) is 0 Å². The monoisotopic (exact) mass is 180 g/mol. The Bertz CT molecular complexity index is 118. The number of hydrogen-bond acceptors (Lipinski definition) is 2. The molecule has 0 saturated carbocycles. The summed E-state index contributed by atoms with van der Waals surface area (Å²) < 4.78 is 26.1. The predicted molar refractivity (Wildman–Crippen MR) is 46.6 cm³/mol. The Hall–Kier alpha value is -0.220. The molecule has 0 spiro atoms. The first-order chi connectivity index (χ1) is 5.58. The first kappa shape index (κ1) is 11.8. The van der Waals surface area contributed by atoms with E-state index >= 15 is 0 Å². The van der Waals surface area contributed by atoms with Crippen LogP contribution in [0.1, 0.15) is 19.8 Å². The topological polar surface area (TPSA) is 24.1 Å². The van der Waals surface area contributed by atoms with Crippen LogP contribution in [-0.2, 0) is 0 Å². The fourth-order valence-corrected chi connectivity index (χ4v) is 1.10. The number of alkyl halides is 2. The Labute approximate surface area is 72.7 Å². The number of hydrogen-bond donors (Lipinski definition) is 2. The maximum absolute atomic E-state index is 13.1. The molecule has 0 bridgehead atoms. The Balaban J connectivity index is 3.95. The maximum Gasteiger partial charge on any atom is 0.262 e. The number of halogens is 2.